The number of aromatic nitrogens is 1. The van der Waals surface area contributed by atoms with E-state index in [0.717, 1.165) is 34.6 Å². The van der Waals surface area contributed by atoms with Crippen LogP contribution in [0.25, 0.3) is 10.6 Å². The van der Waals surface area contributed by atoms with Crippen molar-refractivity contribution in [1.29, 1.82) is 0 Å². The maximum Gasteiger partial charge on any atom is 0.134 e. The van der Waals surface area contributed by atoms with Gasteiger partial charge in [0.1, 0.15) is 10.8 Å². The van der Waals surface area contributed by atoms with E-state index in [4.69, 9.17) is 0 Å². The van der Waals surface area contributed by atoms with Crippen LogP contribution in [0.4, 0.5) is 4.39 Å². The quantitative estimate of drug-likeness (QED) is 0.759. The molecule has 0 bridgehead atoms. The highest BCUT2D eigenvalue weighted by Crippen LogP contribution is 2.32. The molecule has 0 aliphatic carbocycles. The summed E-state index contributed by atoms with van der Waals surface area (Å²) in [5.74, 6) is -0.232. The number of benzene rings is 1. The highest BCUT2D eigenvalue weighted by molar-refractivity contribution is 9.10. The van der Waals surface area contributed by atoms with Crippen LogP contribution < -0.4 is 5.32 Å². The summed E-state index contributed by atoms with van der Waals surface area (Å²) < 4.78 is 14.8. The normalized spacial score (nSPS) is 11.3. The SMILES string of the molecule is CCCc1nc(-c2ccc(Br)cc2F)sc1CNC(C)C. The van der Waals surface area contributed by atoms with E-state index in [2.05, 4.69) is 47.0 Å². The molecule has 5 heteroatoms. The van der Waals surface area contributed by atoms with E-state index in [9.17, 15) is 4.39 Å². The van der Waals surface area contributed by atoms with Crippen LogP contribution in [0.5, 0.6) is 0 Å². The van der Waals surface area contributed by atoms with E-state index in [0.29, 0.717) is 11.6 Å². The van der Waals surface area contributed by atoms with Crippen molar-refractivity contribution in [3.05, 3.63) is 39.1 Å². The Morgan fingerprint density at radius 2 is 2.14 bits per heavy atom. The first-order valence-electron chi connectivity index (χ1n) is 7.18. The Morgan fingerprint density at radius 3 is 2.76 bits per heavy atom. The van der Waals surface area contributed by atoms with Gasteiger partial charge in [0.25, 0.3) is 0 Å². The van der Waals surface area contributed by atoms with Gasteiger partial charge >= 0.3 is 0 Å². The van der Waals surface area contributed by atoms with Gasteiger partial charge < -0.3 is 5.32 Å². The fourth-order valence-electron chi connectivity index (χ4n) is 2.03. The minimum atomic E-state index is -0.232. The zero-order chi connectivity index (χ0) is 15.4. The van der Waals surface area contributed by atoms with Gasteiger partial charge in [0.05, 0.1) is 5.69 Å². The van der Waals surface area contributed by atoms with Crippen LogP contribution in [0.1, 0.15) is 37.8 Å². The topological polar surface area (TPSA) is 24.9 Å². The number of hydrogen-bond donors (Lipinski definition) is 1. The standard InChI is InChI=1S/C16H20BrFN2S/c1-4-5-14-15(9-19-10(2)3)21-16(20-14)12-7-6-11(17)8-13(12)18/h6-8,10,19H,4-5,9H2,1-3H3. The molecule has 1 aromatic heterocycles. The van der Waals surface area contributed by atoms with Crippen LogP contribution in [0, 0.1) is 5.82 Å². The van der Waals surface area contributed by atoms with Crippen LogP contribution >= 0.6 is 27.3 Å². The molecule has 0 unspecified atom stereocenters. The molecule has 0 atom stereocenters. The second-order valence-electron chi connectivity index (χ2n) is 5.30. The molecule has 114 valence electrons. The molecule has 2 rings (SSSR count). The Labute approximate surface area is 137 Å². The van der Waals surface area contributed by atoms with E-state index < -0.39 is 0 Å². The fourth-order valence-corrected chi connectivity index (χ4v) is 3.45. The number of rotatable bonds is 6. The van der Waals surface area contributed by atoms with Crippen molar-refractivity contribution >= 4 is 27.3 Å². The number of hydrogen-bond acceptors (Lipinski definition) is 3. The lowest BCUT2D eigenvalue weighted by Crippen LogP contribution is -2.21. The van der Waals surface area contributed by atoms with Crippen molar-refractivity contribution < 1.29 is 4.39 Å². The lowest BCUT2D eigenvalue weighted by molar-refractivity contribution is 0.589. The Kier molecular flexibility index (Phi) is 5.90. The first kappa shape index (κ1) is 16.6. The summed E-state index contributed by atoms with van der Waals surface area (Å²) in [4.78, 5) is 5.87. The predicted octanol–water partition coefficient (Wildman–Crippen LogP) is 5.16. The van der Waals surface area contributed by atoms with Gasteiger partial charge in [0.2, 0.25) is 0 Å². The molecule has 0 aliphatic rings. The molecule has 1 N–H and O–H groups in total. The maximum atomic E-state index is 14.1. The minimum absolute atomic E-state index is 0.232. The van der Waals surface area contributed by atoms with Gasteiger partial charge in [0.15, 0.2) is 0 Å². The van der Waals surface area contributed by atoms with Crippen molar-refractivity contribution in [2.24, 2.45) is 0 Å². The molecule has 0 aliphatic heterocycles. The van der Waals surface area contributed by atoms with Crippen LogP contribution in [-0.2, 0) is 13.0 Å². The first-order valence-corrected chi connectivity index (χ1v) is 8.79. The molecule has 0 saturated carbocycles. The van der Waals surface area contributed by atoms with E-state index in [-0.39, 0.29) is 5.82 Å². The molecule has 0 radical (unpaired) electrons. The zero-order valence-corrected chi connectivity index (χ0v) is 14.9. The van der Waals surface area contributed by atoms with Crippen molar-refractivity contribution in [3.8, 4) is 10.6 Å². The Balaban J connectivity index is 2.33. The van der Waals surface area contributed by atoms with E-state index in [1.54, 1.807) is 17.4 Å². The van der Waals surface area contributed by atoms with Gasteiger partial charge in [-0.1, -0.05) is 43.1 Å². The Morgan fingerprint density at radius 1 is 1.38 bits per heavy atom. The number of nitrogens with one attached hydrogen (secondary N) is 1. The zero-order valence-electron chi connectivity index (χ0n) is 12.5. The molecule has 0 spiro atoms. The molecule has 1 aromatic carbocycles. The number of thiazole rings is 1. The smallest absolute Gasteiger partial charge is 0.134 e. The third kappa shape index (κ3) is 4.34. The molecule has 21 heavy (non-hydrogen) atoms. The van der Waals surface area contributed by atoms with Crippen molar-refractivity contribution in [1.82, 2.24) is 10.3 Å². The third-order valence-electron chi connectivity index (χ3n) is 3.10. The lowest BCUT2D eigenvalue weighted by Gasteiger charge is -2.07. The second-order valence-corrected chi connectivity index (χ2v) is 7.30. The molecule has 0 saturated heterocycles. The largest absolute Gasteiger partial charge is 0.310 e. The number of nitrogens with zero attached hydrogens (tertiary/aromatic N) is 1. The van der Waals surface area contributed by atoms with Gasteiger partial charge in [0, 0.05) is 27.5 Å². The van der Waals surface area contributed by atoms with Crippen molar-refractivity contribution in [2.75, 3.05) is 0 Å². The molecular weight excluding hydrogens is 351 g/mol. The van der Waals surface area contributed by atoms with Crippen LogP contribution in [0.15, 0.2) is 22.7 Å². The lowest BCUT2D eigenvalue weighted by atomic mass is 10.2. The average Bonchev–Trinajstić information content (AvgIpc) is 2.80. The van der Waals surface area contributed by atoms with Crippen LogP contribution in [0.3, 0.4) is 0 Å². The first-order chi connectivity index (χ1) is 10.0. The van der Waals surface area contributed by atoms with Gasteiger partial charge in [-0.2, -0.15) is 0 Å². The summed E-state index contributed by atoms with van der Waals surface area (Å²) in [6.45, 7) is 7.17. The summed E-state index contributed by atoms with van der Waals surface area (Å²) >= 11 is 4.87. The Hall–Kier alpha value is -0.780. The predicted molar refractivity (Wildman–Crippen MR) is 91.2 cm³/mol. The van der Waals surface area contributed by atoms with Crippen molar-refractivity contribution in [3.63, 3.8) is 0 Å². The van der Waals surface area contributed by atoms with Crippen LogP contribution in [0.2, 0.25) is 0 Å². The van der Waals surface area contributed by atoms with Gasteiger partial charge in [-0.25, -0.2) is 9.37 Å². The maximum absolute atomic E-state index is 14.1. The molecule has 2 aromatic rings. The molecule has 0 fully saturated rings. The fraction of sp³-hybridized carbons (Fsp3) is 0.438. The minimum Gasteiger partial charge on any atom is -0.310 e. The monoisotopic (exact) mass is 370 g/mol. The van der Waals surface area contributed by atoms with Gasteiger partial charge in [-0.3, -0.25) is 0 Å². The van der Waals surface area contributed by atoms with Gasteiger partial charge in [-0.05, 0) is 24.6 Å². The van der Waals surface area contributed by atoms with Gasteiger partial charge in [-0.15, -0.1) is 11.3 Å². The summed E-state index contributed by atoms with van der Waals surface area (Å²) in [6.07, 6.45) is 1.98. The molecule has 0 amide bonds. The third-order valence-corrected chi connectivity index (χ3v) is 4.72. The summed E-state index contributed by atoms with van der Waals surface area (Å²) in [5.41, 5.74) is 1.67. The molecule has 2 nitrogen and oxygen atoms in total. The summed E-state index contributed by atoms with van der Waals surface area (Å²) in [6, 6.07) is 5.55. The molecule has 1 heterocycles. The van der Waals surface area contributed by atoms with E-state index >= 15 is 0 Å². The number of aryl methyl sites for hydroxylation is 1. The molecular formula is C16H20BrFN2S. The summed E-state index contributed by atoms with van der Waals surface area (Å²) in [5, 5.41) is 4.19. The van der Waals surface area contributed by atoms with E-state index in [1.807, 2.05) is 6.07 Å². The van der Waals surface area contributed by atoms with E-state index in [1.165, 1.54) is 10.9 Å². The van der Waals surface area contributed by atoms with Crippen LogP contribution in [-0.4, -0.2) is 11.0 Å². The second kappa shape index (κ2) is 7.47. The Bertz CT molecular complexity index is 610. The highest BCUT2D eigenvalue weighted by atomic mass is 79.9. The summed E-state index contributed by atoms with van der Waals surface area (Å²) in [7, 11) is 0. The van der Waals surface area contributed by atoms with Crippen molar-refractivity contribution in [2.45, 2.75) is 46.2 Å². The number of halogens is 2. The average molecular weight is 371 g/mol. The highest BCUT2D eigenvalue weighted by Gasteiger charge is 2.15.